The van der Waals surface area contributed by atoms with E-state index in [0.717, 1.165) is 6.07 Å². The highest BCUT2D eigenvalue weighted by Gasteiger charge is 2.13. The lowest BCUT2D eigenvalue weighted by molar-refractivity contribution is 0.0594. The van der Waals surface area contributed by atoms with Gasteiger partial charge in [0.05, 0.1) is 23.9 Å². The number of carbonyl (C=O) groups is 2. The molecule has 1 aromatic heterocycles. The average molecular weight is 275 g/mol. The fourth-order valence-electron chi connectivity index (χ4n) is 1.64. The van der Waals surface area contributed by atoms with Crippen molar-refractivity contribution in [3.05, 3.63) is 53.5 Å². The number of methoxy groups -OCH3 is 1. The van der Waals surface area contributed by atoms with Crippen molar-refractivity contribution in [2.75, 3.05) is 7.11 Å². The van der Waals surface area contributed by atoms with E-state index in [0.29, 0.717) is 11.3 Å². The third-order valence-electron chi connectivity index (χ3n) is 2.68. The van der Waals surface area contributed by atoms with E-state index in [2.05, 4.69) is 9.72 Å². The molecule has 1 aromatic carbocycles. The molecule has 102 valence electrons. The smallest absolute Gasteiger partial charge is 0.340 e. The van der Waals surface area contributed by atoms with E-state index < -0.39 is 17.8 Å². The van der Waals surface area contributed by atoms with Gasteiger partial charge >= 0.3 is 11.9 Å². The van der Waals surface area contributed by atoms with E-state index >= 15 is 0 Å². The molecule has 0 amide bonds. The number of pyridine rings is 1. The number of ether oxygens (including phenoxy) is 1. The van der Waals surface area contributed by atoms with E-state index in [1.54, 1.807) is 0 Å². The van der Waals surface area contributed by atoms with Gasteiger partial charge in [-0.3, -0.25) is 4.98 Å². The minimum Gasteiger partial charge on any atom is -0.478 e. The largest absolute Gasteiger partial charge is 0.478 e. The molecule has 0 unspecified atom stereocenters. The lowest BCUT2D eigenvalue weighted by atomic mass is 10.1. The molecule has 1 heterocycles. The van der Waals surface area contributed by atoms with E-state index in [1.807, 2.05) is 0 Å². The number of hydrogen-bond acceptors (Lipinski definition) is 4. The molecule has 20 heavy (non-hydrogen) atoms. The Morgan fingerprint density at radius 2 is 2.00 bits per heavy atom. The van der Waals surface area contributed by atoms with Gasteiger partial charge in [-0.15, -0.1) is 0 Å². The molecule has 0 aliphatic carbocycles. The van der Waals surface area contributed by atoms with Crippen molar-refractivity contribution in [2.45, 2.75) is 0 Å². The van der Waals surface area contributed by atoms with Crippen LogP contribution in [-0.4, -0.2) is 29.1 Å². The highest BCUT2D eigenvalue weighted by atomic mass is 19.1. The second kappa shape index (κ2) is 5.48. The van der Waals surface area contributed by atoms with Gasteiger partial charge in [0, 0.05) is 11.8 Å². The molecule has 2 rings (SSSR count). The van der Waals surface area contributed by atoms with Crippen molar-refractivity contribution < 1.29 is 23.8 Å². The summed E-state index contributed by atoms with van der Waals surface area (Å²) < 4.78 is 18.2. The van der Waals surface area contributed by atoms with E-state index in [1.165, 1.54) is 37.6 Å². The van der Waals surface area contributed by atoms with Crippen molar-refractivity contribution in [3.63, 3.8) is 0 Å². The lowest BCUT2D eigenvalue weighted by Gasteiger charge is -2.05. The van der Waals surface area contributed by atoms with E-state index in [4.69, 9.17) is 5.11 Å². The zero-order chi connectivity index (χ0) is 14.7. The molecule has 0 spiro atoms. The summed E-state index contributed by atoms with van der Waals surface area (Å²) in [5.41, 5.74) is 0.719. The predicted octanol–water partition coefficient (Wildman–Crippen LogP) is 2.37. The van der Waals surface area contributed by atoms with Crippen LogP contribution in [0.4, 0.5) is 4.39 Å². The number of carbonyl (C=O) groups excluding carboxylic acids is 1. The monoisotopic (exact) mass is 275 g/mol. The van der Waals surface area contributed by atoms with Crippen LogP contribution < -0.4 is 0 Å². The first-order valence-electron chi connectivity index (χ1n) is 5.60. The fraction of sp³-hybridized carbons (Fsp3) is 0.0714. The number of carboxylic acid groups (broad SMARTS) is 1. The second-order valence-corrected chi connectivity index (χ2v) is 3.92. The van der Waals surface area contributed by atoms with E-state index in [9.17, 15) is 14.0 Å². The van der Waals surface area contributed by atoms with Crippen LogP contribution in [0.5, 0.6) is 0 Å². The van der Waals surface area contributed by atoms with Crippen molar-refractivity contribution in [1.29, 1.82) is 0 Å². The van der Waals surface area contributed by atoms with Crippen LogP contribution in [0, 0.1) is 5.82 Å². The normalized spacial score (nSPS) is 10.1. The van der Waals surface area contributed by atoms with Crippen LogP contribution in [0.3, 0.4) is 0 Å². The Labute approximate surface area is 113 Å². The molecular weight excluding hydrogens is 265 g/mol. The van der Waals surface area contributed by atoms with Gasteiger partial charge < -0.3 is 9.84 Å². The van der Waals surface area contributed by atoms with Gasteiger partial charge in [-0.05, 0) is 24.3 Å². The molecule has 5 nitrogen and oxygen atoms in total. The van der Waals surface area contributed by atoms with Crippen LogP contribution in [0.25, 0.3) is 11.3 Å². The molecule has 1 N–H and O–H groups in total. The number of esters is 1. The number of rotatable bonds is 3. The molecule has 0 saturated heterocycles. The average Bonchev–Trinajstić information content (AvgIpc) is 2.46. The third-order valence-corrected chi connectivity index (χ3v) is 2.68. The molecule has 2 aromatic rings. The van der Waals surface area contributed by atoms with Gasteiger partial charge in [0.15, 0.2) is 0 Å². The maximum atomic E-state index is 13.8. The molecule has 0 fully saturated rings. The standard InChI is InChI=1S/C14H10FNO4/c1-20-14(19)10-4-2-8(6-11(10)15)12-5-3-9(7-16-12)13(17)18/h2-7H,1H3,(H,17,18). The predicted molar refractivity (Wildman–Crippen MR) is 67.9 cm³/mol. The van der Waals surface area contributed by atoms with Crippen molar-refractivity contribution in [1.82, 2.24) is 4.98 Å². The molecule has 0 atom stereocenters. The zero-order valence-electron chi connectivity index (χ0n) is 10.5. The Morgan fingerprint density at radius 3 is 2.50 bits per heavy atom. The first-order chi connectivity index (χ1) is 9.52. The summed E-state index contributed by atoms with van der Waals surface area (Å²) in [5, 5.41) is 8.76. The maximum Gasteiger partial charge on any atom is 0.340 e. The summed E-state index contributed by atoms with van der Waals surface area (Å²) in [6, 6.07) is 6.79. The quantitative estimate of drug-likeness (QED) is 0.870. The Balaban J connectivity index is 2.36. The summed E-state index contributed by atoms with van der Waals surface area (Å²) in [6.07, 6.45) is 1.18. The highest BCUT2D eigenvalue weighted by Crippen LogP contribution is 2.20. The van der Waals surface area contributed by atoms with Crippen molar-refractivity contribution in [2.24, 2.45) is 0 Å². The number of aromatic nitrogens is 1. The summed E-state index contributed by atoms with van der Waals surface area (Å²) in [5.74, 6) is -2.57. The van der Waals surface area contributed by atoms with Gasteiger partial charge in [0.1, 0.15) is 5.82 Å². The van der Waals surface area contributed by atoms with Gasteiger partial charge in [0.25, 0.3) is 0 Å². The third kappa shape index (κ3) is 2.64. The van der Waals surface area contributed by atoms with Crippen LogP contribution in [0.1, 0.15) is 20.7 Å². The Morgan fingerprint density at radius 1 is 1.25 bits per heavy atom. The minimum atomic E-state index is -1.09. The summed E-state index contributed by atoms with van der Waals surface area (Å²) in [4.78, 5) is 25.9. The molecule has 6 heteroatoms. The van der Waals surface area contributed by atoms with Gasteiger partial charge in [-0.25, -0.2) is 14.0 Å². The Hall–Kier alpha value is -2.76. The maximum absolute atomic E-state index is 13.8. The number of benzene rings is 1. The van der Waals surface area contributed by atoms with Crippen LogP contribution in [-0.2, 0) is 4.74 Å². The molecule has 0 bridgehead atoms. The van der Waals surface area contributed by atoms with Crippen LogP contribution in [0.2, 0.25) is 0 Å². The Bertz CT molecular complexity index is 667. The van der Waals surface area contributed by atoms with Gasteiger partial charge in [0.2, 0.25) is 0 Å². The second-order valence-electron chi connectivity index (χ2n) is 3.92. The molecule has 0 radical (unpaired) electrons. The summed E-state index contributed by atoms with van der Waals surface area (Å²) >= 11 is 0. The van der Waals surface area contributed by atoms with Crippen molar-refractivity contribution in [3.8, 4) is 11.3 Å². The lowest BCUT2D eigenvalue weighted by Crippen LogP contribution is -2.04. The summed E-state index contributed by atoms with van der Waals surface area (Å²) in [7, 11) is 1.17. The zero-order valence-corrected chi connectivity index (χ0v) is 10.5. The van der Waals surface area contributed by atoms with E-state index in [-0.39, 0.29) is 11.1 Å². The number of hydrogen-bond donors (Lipinski definition) is 1. The fourth-order valence-corrected chi connectivity index (χ4v) is 1.64. The Kier molecular flexibility index (Phi) is 3.74. The molecular formula is C14H10FNO4. The SMILES string of the molecule is COC(=O)c1ccc(-c2ccc(C(=O)O)cn2)cc1F. The topological polar surface area (TPSA) is 76.5 Å². The molecule has 0 aliphatic rings. The number of carboxylic acids is 1. The van der Waals surface area contributed by atoms with Crippen molar-refractivity contribution >= 4 is 11.9 Å². The van der Waals surface area contributed by atoms with Crippen LogP contribution in [0.15, 0.2) is 36.5 Å². The minimum absolute atomic E-state index is 0.0420. The summed E-state index contributed by atoms with van der Waals surface area (Å²) in [6.45, 7) is 0. The van der Waals surface area contributed by atoms with Gasteiger partial charge in [-0.2, -0.15) is 0 Å². The van der Waals surface area contributed by atoms with Crippen LogP contribution >= 0.6 is 0 Å². The number of halogens is 1. The first kappa shape index (κ1) is 13.7. The number of aromatic carboxylic acids is 1. The first-order valence-corrected chi connectivity index (χ1v) is 5.60. The van der Waals surface area contributed by atoms with Gasteiger partial charge in [-0.1, -0.05) is 6.07 Å². The molecule has 0 aliphatic heterocycles. The number of nitrogens with zero attached hydrogens (tertiary/aromatic N) is 1. The molecule has 0 saturated carbocycles. The highest BCUT2D eigenvalue weighted by molar-refractivity contribution is 5.90.